The van der Waals surface area contributed by atoms with Crippen molar-refractivity contribution in [3.8, 4) is 24.3 Å². The van der Waals surface area contributed by atoms with Crippen LogP contribution in [0.2, 0.25) is 5.02 Å². The molecule has 0 atom stereocenters. The molecule has 0 aliphatic rings. The Kier molecular flexibility index (Phi) is 6.26. The van der Waals surface area contributed by atoms with Gasteiger partial charge in [-0.05, 0) is 36.5 Å². The Bertz CT molecular complexity index is 966. The predicted octanol–water partition coefficient (Wildman–Crippen LogP) is 2.41. The van der Waals surface area contributed by atoms with E-state index in [4.69, 9.17) is 23.8 Å². The maximum Gasteiger partial charge on any atom is 0.301 e. The number of nitrogens with zero attached hydrogens (tertiary/aromatic N) is 6. The molecule has 0 bridgehead atoms. The summed E-state index contributed by atoms with van der Waals surface area (Å²) in [6.07, 6.45) is 3.09. The summed E-state index contributed by atoms with van der Waals surface area (Å²) in [6.45, 7) is 0. The first-order valence-corrected chi connectivity index (χ1v) is 8.26. The van der Waals surface area contributed by atoms with Crippen LogP contribution in [0.25, 0.3) is 0 Å². The highest BCUT2D eigenvalue weighted by molar-refractivity contribution is 7.80. The lowest BCUT2D eigenvalue weighted by molar-refractivity contribution is -0.686. The van der Waals surface area contributed by atoms with E-state index in [9.17, 15) is 21.0 Å². The largest absolute Gasteiger partial charge is 0.328 e. The predicted molar refractivity (Wildman–Crippen MR) is 101 cm³/mol. The van der Waals surface area contributed by atoms with E-state index in [2.05, 4.69) is 5.32 Å². The van der Waals surface area contributed by atoms with E-state index in [0.29, 0.717) is 10.7 Å². The summed E-state index contributed by atoms with van der Waals surface area (Å²) in [5, 5.41) is 42.7. The summed E-state index contributed by atoms with van der Waals surface area (Å²) in [5.74, 6) is -1.58. The van der Waals surface area contributed by atoms with Crippen LogP contribution in [-0.4, -0.2) is 10.7 Å². The van der Waals surface area contributed by atoms with E-state index >= 15 is 0 Å². The minimum absolute atomic E-state index is 0.0490. The van der Waals surface area contributed by atoms with Crippen molar-refractivity contribution in [2.45, 2.75) is 5.54 Å². The summed E-state index contributed by atoms with van der Waals surface area (Å²) in [4.78, 5) is 0. The third kappa shape index (κ3) is 3.94. The fourth-order valence-corrected chi connectivity index (χ4v) is 2.75. The van der Waals surface area contributed by atoms with Gasteiger partial charge >= 0.3 is 5.54 Å². The first kappa shape index (κ1) is 19.6. The van der Waals surface area contributed by atoms with Gasteiger partial charge in [-0.25, -0.2) is 0 Å². The van der Waals surface area contributed by atoms with Crippen molar-refractivity contribution in [2.24, 2.45) is 5.92 Å². The molecule has 1 N–H and O–H groups in total. The number of hydrogen-bond acceptors (Lipinski definition) is 5. The summed E-state index contributed by atoms with van der Waals surface area (Å²) in [6, 6.07) is 18.6. The average Bonchev–Trinajstić information content (AvgIpc) is 2.70. The van der Waals surface area contributed by atoms with Gasteiger partial charge in [0.25, 0.3) is 0 Å². The Morgan fingerprint density at radius 1 is 1.04 bits per heavy atom. The highest BCUT2D eigenvalue weighted by atomic mass is 35.5. The van der Waals surface area contributed by atoms with Crippen LogP contribution in [0.15, 0.2) is 54.9 Å². The second-order valence-electron chi connectivity index (χ2n) is 5.19. The second kappa shape index (κ2) is 8.61. The highest BCUT2D eigenvalue weighted by Gasteiger charge is 2.53. The molecule has 0 fully saturated rings. The van der Waals surface area contributed by atoms with Gasteiger partial charge in [0.05, 0.1) is 12.1 Å². The zero-order valence-electron chi connectivity index (χ0n) is 13.7. The van der Waals surface area contributed by atoms with Gasteiger partial charge in [0.15, 0.2) is 18.3 Å². The molecule has 9 heteroatoms. The summed E-state index contributed by atoms with van der Waals surface area (Å²) >= 11 is 11.3. The van der Waals surface area contributed by atoms with Crippen molar-refractivity contribution in [1.29, 1.82) is 21.0 Å². The SMILES string of the molecule is N#CC(C#N)C(C#N)(C#N)N(C(=S)Nc1ccc(Cl)cc1)[n+]1ccccc1. The van der Waals surface area contributed by atoms with Gasteiger partial charge < -0.3 is 5.32 Å². The molecule has 0 aliphatic carbocycles. The lowest BCUT2D eigenvalue weighted by Crippen LogP contribution is -2.73. The number of rotatable bonds is 4. The average molecular weight is 393 g/mol. The first-order valence-electron chi connectivity index (χ1n) is 7.47. The Morgan fingerprint density at radius 3 is 2.07 bits per heavy atom. The van der Waals surface area contributed by atoms with E-state index in [-0.39, 0.29) is 5.11 Å². The Labute approximate surface area is 166 Å². The third-order valence-electron chi connectivity index (χ3n) is 3.57. The van der Waals surface area contributed by atoms with E-state index in [1.165, 1.54) is 4.68 Å². The molecule has 0 radical (unpaired) electrons. The van der Waals surface area contributed by atoms with Crippen LogP contribution in [0.5, 0.6) is 0 Å². The van der Waals surface area contributed by atoms with Crippen molar-refractivity contribution < 1.29 is 4.68 Å². The third-order valence-corrected chi connectivity index (χ3v) is 4.10. The van der Waals surface area contributed by atoms with Crippen molar-refractivity contribution in [3.63, 3.8) is 0 Å². The number of thiocarbonyl (C=S) groups is 1. The maximum atomic E-state index is 9.76. The fraction of sp³-hybridized carbons (Fsp3) is 0.111. The van der Waals surface area contributed by atoms with Crippen LogP contribution >= 0.6 is 23.8 Å². The number of benzene rings is 1. The molecule has 0 spiro atoms. The maximum absolute atomic E-state index is 9.76. The molecule has 1 heterocycles. The Hall–Kier alpha value is -3.69. The van der Waals surface area contributed by atoms with Gasteiger partial charge in [0.2, 0.25) is 5.11 Å². The van der Waals surface area contributed by atoms with E-state index < -0.39 is 11.5 Å². The molecule has 7 nitrogen and oxygen atoms in total. The van der Waals surface area contributed by atoms with Gasteiger partial charge in [-0.1, -0.05) is 27.4 Å². The fourth-order valence-electron chi connectivity index (χ4n) is 2.27. The Morgan fingerprint density at radius 2 is 1.59 bits per heavy atom. The van der Waals surface area contributed by atoms with Crippen LogP contribution in [0.3, 0.4) is 0 Å². The second-order valence-corrected chi connectivity index (χ2v) is 6.01. The standard InChI is InChI=1S/C18H10ClN7S/c19-15-4-6-16(7-5-15)24-17(27)26(25-8-2-1-3-9-25)18(12-22,13-23)14(10-20)11-21/h1-9,14H/p+1. The summed E-state index contributed by atoms with van der Waals surface area (Å²) in [5.41, 5.74) is -1.62. The molecule has 0 unspecified atom stereocenters. The molecule has 0 saturated carbocycles. The molecule has 1 aromatic heterocycles. The zero-order valence-corrected chi connectivity index (χ0v) is 15.3. The topological polar surface area (TPSA) is 114 Å². The van der Waals surface area contributed by atoms with Crippen LogP contribution in [-0.2, 0) is 0 Å². The van der Waals surface area contributed by atoms with E-state index in [1.54, 1.807) is 79.1 Å². The van der Waals surface area contributed by atoms with Gasteiger partial charge in [-0.3, -0.25) is 0 Å². The molecule has 0 amide bonds. The monoisotopic (exact) mass is 392 g/mol. The summed E-state index contributed by atoms with van der Waals surface area (Å²) in [7, 11) is 0. The van der Waals surface area contributed by atoms with Crippen molar-refractivity contribution in [1.82, 2.24) is 0 Å². The molecule has 2 aromatic rings. The minimum atomic E-state index is -2.17. The lowest BCUT2D eigenvalue weighted by Gasteiger charge is -2.29. The highest BCUT2D eigenvalue weighted by Crippen LogP contribution is 2.22. The number of nitriles is 4. The van der Waals surface area contributed by atoms with Crippen LogP contribution < -0.4 is 15.0 Å². The summed E-state index contributed by atoms with van der Waals surface area (Å²) < 4.78 is 1.37. The van der Waals surface area contributed by atoms with Gasteiger partial charge in [0, 0.05) is 22.8 Å². The first-order chi connectivity index (χ1) is 13.0. The smallest absolute Gasteiger partial charge is 0.301 e. The van der Waals surface area contributed by atoms with Crippen LogP contribution in [0.4, 0.5) is 5.69 Å². The molecular formula is C18H11ClN7S+. The van der Waals surface area contributed by atoms with Gasteiger partial charge in [-0.2, -0.15) is 21.0 Å². The normalized spacial score (nSPS) is 10.0. The van der Waals surface area contributed by atoms with Crippen molar-refractivity contribution in [3.05, 3.63) is 59.9 Å². The quantitative estimate of drug-likeness (QED) is 0.627. The molecule has 27 heavy (non-hydrogen) atoms. The number of pyridine rings is 1. The molecule has 1 aromatic carbocycles. The minimum Gasteiger partial charge on any atom is -0.328 e. The molecule has 2 rings (SSSR count). The lowest BCUT2D eigenvalue weighted by atomic mass is 9.88. The van der Waals surface area contributed by atoms with Crippen LogP contribution in [0.1, 0.15) is 0 Å². The number of hydrogen-bond donors (Lipinski definition) is 1. The van der Waals surface area contributed by atoms with Crippen molar-refractivity contribution in [2.75, 3.05) is 10.3 Å². The van der Waals surface area contributed by atoms with Gasteiger partial charge in [-0.15, -0.1) is 0 Å². The van der Waals surface area contributed by atoms with Crippen LogP contribution in [0, 0.1) is 51.2 Å². The number of halogens is 1. The number of aromatic nitrogens is 1. The number of anilines is 1. The zero-order chi connectivity index (χ0) is 19.9. The van der Waals surface area contributed by atoms with Crippen molar-refractivity contribution >= 4 is 34.6 Å². The van der Waals surface area contributed by atoms with Gasteiger partial charge in [0.1, 0.15) is 12.1 Å². The van der Waals surface area contributed by atoms with E-state index in [1.807, 2.05) is 0 Å². The molecular weight excluding hydrogens is 382 g/mol. The molecule has 0 saturated heterocycles. The molecule has 130 valence electrons. The Balaban J connectivity index is 2.58. The number of nitrogens with one attached hydrogen (secondary N) is 1. The molecule has 0 aliphatic heterocycles. The van der Waals surface area contributed by atoms with E-state index in [0.717, 1.165) is 5.01 Å².